The molecule has 0 unspecified atom stereocenters. The minimum atomic E-state index is 0.315. The van der Waals surface area contributed by atoms with Gasteiger partial charge in [0.15, 0.2) is 5.82 Å². The van der Waals surface area contributed by atoms with Crippen LogP contribution in [-0.2, 0) is 0 Å². The Morgan fingerprint density at radius 1 is 0.950 bits per heavy atom. The fourth-order valence-electron chi connectivity index (χ4n) is 1.66. The summed E-state index contributed by atoms with van der Waals surface area (Å²) in [6.07, 6.45) is 0. The van der Waals surface area contributed by atoms with Gasteiger partial charge in [-0.25, -0.2) is 0 Å². The van der Waals surface area contributed by atoms with Crippen LogP contribution in [0.3, 0.4) is 0 Å². The minimum Gasteiger partial charge on any atom is -0.494 e. The van der Waals surface area contributed by atoms with E-state index >= 15 is 0 Å². The molecule has 0 spiro atoms. The highest BCUT2D eigenvalue weighted by Gasteiger charge is 2.08. The second kappa shape index (κ2) is 6.70. The van der Waals surface area contributed by atoms with Crippen molar-refractivity contribution < 1.29 is 9.47 Å². The summed E-state index contributed by atoms with van der Waals surface area (Å²) in [5.41, 5.74) is 0.883. The second-order valence-corrected chi connectivity index (χ2v) is 3.91. The first-order valence-electron chi connectivity index (χ1n) is 6.56. The molecule has 0 atom stereocenters. The number of anilines is 1. The Labute approximate surface area is 118 Å². The van der Waals surface area contributed by atoms with Gasteiger partial charge in [0.05, 0.1) is 13.2 Å². The van der Waals surface area contributed by atoms with E-state index in [1.807, 2.05) is 38.1 Å². The van der Waals surface area contributed by atoms with Gasteiger partial charge in [0.2, 0.25) is 5.95 Å². The van der Waals surface area contributed by atoms with E-state index in [9.17, 15) is 0 Å². The smallest absolute Gasteiger partial charge is 0.321 e. The molecule has 20 heavy (non-hydrogen) atoms. The highest BCUT2D eigenvalue weighted by molar-refractivity contribution is 5.57. The van der Waals surface area contributed by atoms with E-state index in [0.29, 0.717) is 31.0 Å². The second-order valence-electron chi connectivity index (χ2n) is 3.91. The van der Waals surface area contributed by atoms with Crippen molar-refractivity contribution in [2.45, 2.75) is 13.8 Å². The Bertz CT molecular complexity index is 558. The van der Waals surface area contributed by atoms with E-state index in [4.69, 9.17) is 9.47 Å². The zero-order valence-corrected chi connectivity index (χ0v) is 11.9. The largest absolute Gasteiger partial charge is 0.494 e. The summed E-state index contributed by atoms with van der Waals surface area (Å²) < 4.78 is 10.8. The third-order valence-electron chi connectivity index (χ3n) is 2.54. The SMILES string of the molecule is CCOc1ccc(-c2nc(NC)nc(OCC)n2)cc1. The molecule has 0 fully saturated rings. The molecule has 0 aliphatic heterocycles. The first-order valence-corrected chi connectivity index (χ1v) is 6.56. The van der Waals surface area contributed by atoms with Gasteiger partial charge >= 0.3 is 6.01 Å². The van der Waals surface area contributed by atoms with Crippen LogP contribution in [0.25, 0.3) is 11.4 Å². The van der Waals surface area contributed by atoms with Crippen molar-refractivity contribution in [1.82, 2.24) is 15.0 Å². The van der Waals surface area contributed by atoms with Crippen molar-refractivity contribution in [1.29, 1.82) is 0 Å². The Kier molecular flexibility index (Phi) is 4.70. The van der Waals surface area contributed by atoms with E-state index in [0.717, 1.165) is 11.3 Å². The van der Waals surface area contributed by atoms with Crippen molar-refractivity contribution in [3.63, 3.8) is 0 Å². The number of benzene rings is 1. The molecule has 6 heteroatoms. The lowest BCUT2D eigenvalue weighted by Crippen LogP contribution is -2.05. The third kappa shape index (κ3) is 3.34. The number of hydrogen-bond donors (Lipinski definition) is 1. The summed E-state index contributed by atoms with van der Waals surface area (Å²) in [5, 5.41) is 2.90. The topological polar surface area (TPSA) is 69.2 Å². The van der Waals surface area contributed by atoms with Crippen LogP contribution >= 0.6 is 0 Å². The van der Waals surface area contributed by atoms with Gasteiger partial charge in [-0.05, 0) is 38.1 Å². The first kappa shape index (κ1) is 14.0. The maximum absolute atomic E-state index is 5.41. The maximum atomic E-state index is 5.41. The molecule has 1 N–H and O–H groups in total. The van der Waals surface area contributed by atoms with Gasteiger partial charge in [0.25, 0.3) is 0 Å². The number of aromatic nitrogens is 3. The first-order chi connectivity index (χ1) is 9.76. The Hall–Kier alpha value is -2.37. The quantitative estimate of drug-likeness (QED) is 0.872. The summed E-state index contributed by atoms with van der Waals surface area (Å²) in [5.74, 6) is 1.87. The van der Waals surface area contributed by atoms with E-state index in [-0.39, 0.29) is 0 Å². The molecule has 0 amide bonds. The lowest BCUT2D eigenvalue weighted by Gasteiger charge is -2.07. The van der Waals surface area contributed by atoms with E-state index in [1.165, 1.54) is 0 Å². The molecule has 0 aliphatic rings. The van der Waals surface area contributed by atoms with Crippen LogP contribution in [0.1, 0.15) is 13.8 Å². The number of nitrogens with zero attached hydrogens (tertiary/aromatic N) is 3. The van der Waals surface area contributed by atoms with Crippen LogP contribution in [0.2, 0.25) is 0 Å². The Balaban J connectivity index is 2.32. The average Bonchev–Trinajstić information content (AvgIpc) is 2.48. The number of ether oxygens (including phenoxy) is 2. The molecule has 0 bridgehead atoms. The van der Waals surface area contributed by atoms with Gasteiger partial charge < -0.3 is 14.8 Å². The summed E-state index contributed by atoms with van der Waals surface area (Å²) in [6, 6.07) is 7.92. The summed E-state index contributed by atoms with van der Waals surface area (Å²) >= 11 is 0. The highest BCUT2D eigenvalue weighted by Crippen LogP contribution is 2.21. The van der Waals surface area contributed by atoms with Crippen LogP contribution in [-0.4, -0.2) is 35.2 Å². The normalized spacial score (nSPS) is 10.2. The molecule has 0 saturated carbocycles. The Morgan fingerprint density at radius 3 is 2.25 bits per heavy atom. The predicted octanol–water partition coefficient (Wildman–Crippen LogP) is 2.38. The van der Waals surface area contributed by atoms with Crippen LogP contribution in [0, 0.1) is 0 Å². The molecule has 2 aromatic rings. The monoisotopic (exact) mass is 274 g/mol. The fourth-order valence-corrected chi connectivity index (χ4v) is 1.66. The average molecular weight is 274 g/mol. The van der Waals surface area contributed by atoms with Crippen molar-refractivity contribution in [2.75, 3.05) is 25.6 Å². The van der Waals surface area contributed by atoms with Crippen LogP contribution in [0.4, 0.5) is 5.95 Å². The zero-order chi connectivity index (χ0) is 14.4. The molecule has 1 heterocycles. The van der Waals surface area contributed by atoms with Gasteiger partial charge in [-0.1, -0.05) is 0 Å². The lowest BCUT2D eigenvalue weighted by molar-refractivity contribution is 0.312. The van der Waals surface area contributed by atoms with Gasteiger partial charge in [0.1, 0.15) is 5.75 Å². The van der Waals surface area contributed by atoms with Crippen LogP contribution in [0.5, 0.6) is 11.8 Å². The third-order valence-corrected chi connectivity index (χ3v) is 2.54. The van der Waals surface area contributed by atoms with Crippen molar-refractivity contribution >= 4 is 5.95 Å². The number of hydrogen-bond acceptors (Lipinski definition) is 6. The predicted molar refractivity (Wildman–Crippen MR) is 77.1 cm³/mol. The maximum Gasteiger partial charge on any atom is 0.321 e. The molecule has 0 aliphatic carbocycles. The molecule has 2 rings (SSSR count). The zero-order valence-electron chi connectivity index (χ0n) is 11.9. The molecule has 1 aromatic heterocycles. The molecular formula is C14H18N4O2. The summed E-state index contributed by atoms with van der Waals surface area (Å²) in [6.45, 7) is 4.99. The molecule has 0 saturated heterocycles. The summed E-state index contributed by atoms with van der Waals surface area (Å²) in [4.78, 5) is 12.8. The van der Waals surface area contributed by atoms with E-state index < -0.39 is 0 Å². The van der Waals surface area contributed by atoms with Crippen LogP contribution in [0.15, 0.2) is 24.3 Å². The standard InChI is InChI=1S/C14H18N4O2/c1-4-19-11-8-6-10(7-9-11)12-16-13(15-3)18-14(17-12)20-5-2/h6-9H,4-5H2,1-3H3,(H,15,16,17,18). The number of rotatable bonds is 6. The van der Waals surface area contributed by atoms with Gasteiger partial charge in [-0.15, -0.1) is 0 Å². The van der Waals surface area contributed by atoms with Crippen molar-refractivity contribution in [2.24, 2.45) is 0 Å². The van der Waals surface area contributed by atoms with Gasteiger partial charge in [0, 0.05) is 12.6 Å². The fraction of sp³-hybridized carbons (Fsp3) is 0.357. The lowest BCUT2D eigenvalue weighted by atomic mass is 10.2. The molecule has 106 valence electrons. The summed E-state index contributed by atoms with van der Waals surface area (Å²) in [7, 11) is 1.76. The Morgan fingerprint density at radius 2 is 1.65 bits per heavy atom. The van der Waals surface area contributed by atoms with Gasteiger partial charge in [-0.3, -0.25) is 0 Å². The number of nitrogens with one attached hydrogen (secondary N) is 1. The minimum absolute atomic E-state index is 0.315. The molecular weight excluding hydrogens is 256 g/mol. The molecule has 6 nitrogen and oxygen atoms in total. The van der Waals surface area contributed by atoms with Gasteiger partial charge in [-0.2, -0.15) is 15.0 Å². The molecule has 0 radical (unpaired) electrons. The van der Waals surface area contributed by atoms with E-state index in [2.05, 4.69) is 20.3 Å². The molecule has 1 aromatic carbocycles. The van der Waals surface area contributed by atoms with Crippen LogP contribution < -0.4 is 14.8 Å². The van der Waals surface area contributed by atoms with Crippen molar-refractivity contribution in [3.05, 3.63) is 24.3 Å². The van der Waals surface area contributed by atoms with Crippen molar-refractivity contribution in [3.8, 4) is 23.1 Å². The highest BCUT2D eigenvalue weighted by atomic mass is 16.5. The van der Waals surface area contributed by atoms with E-state index in [1.54, 1.807) is 7.05 Å².